The standard InChI is InChI=1S/C14H13N3O3S2/c1-8-15-16-14(21-8)22-11-7-12(18)17(13(11)19)9-4-3-5-10(6-9)20-2/h3-6,11H,7H2,1-2H3/t11-/m1/s1. The normalized spacial score (nSPS) is 18.1. The van der Waals surface area contributed by atoms with Gasteiger partial charge in [0.2, 0.25) is 11.8 Å². The predicted octanol–water partition coefficient (Wildman–Crippen LogP) is 2.28. The van der Waals surface area contributed by atoms with Gasteiger partial charge in [-0.05, 0) is 19.1 Å². The topological polar surface area (TPSA) is 72.4 Å². The van der Waals surface area contributed by atoms with E-state index in [4.69, 9.17) is 4.74 Å². The average molecular weight is 335 g/mol. The number of nitrogens with zero attached hydrogens (tertiary/aromatic N) is 3. The van der Waals surface area contributed by atoms with Gasteiger partial charge >= 0.3 is 0 Å². The molecule has 0 radical (unpaired) electrons. The summed E-state index contributed by atoms with van der Waals surface area (Å²) in [6, 6.07) is 6.92. The monoisotopic (exact) mass is 335 g/mol. The Morgan fingerprint density at radius 2 is 2.18 bits per heavy atom. The minimum Gasteiger partial charge on any atom is -0.497 e. The summed E-state index contributed by atoms with van der Waals surface area (Å²) in [4.78, 5) is 26.0. The molecule has 0 saturated carbocycles. The molecule has 114 valence electrons. The number of thioether (sulfide) groups is 1. The molecule has 2 aromatic rings. The molecular formula is C14H13N3O3S2. The molecule has 22 heavy (non-hydrogen) atoms. The first kappa shape index (κ1) is 15.0. The van der Waals surface area contributed by atoms with Crippen molar-refractivity contribution in [2.45, 2.75) is 22.9 Å². The SMILES string of the molecule is COc1cccc(N2C(=O)C[C@@H](Sc3nnc(C)s3)C2=O)c1. The summed E-state index contributed by atoms with van der Waals surface area (Å²) >= 11 is 2.71. The number of carbonyl (C=O) groups is 2. The maximum Gasteiger partial charge on any atom is 0.247 e. The molecular weight excluding hydrogens is 322 g/mol. The highest BCUT2D eigenvalue weighted by atomic mass is 32.2. The zero-order chi connectivity index (χ0) is 15.7. The van der Waals surface area contributed by atoms with Crippen LogP contribution in [-0.2, 0) is 9.59 Å². The Hall–Kier alpha value is -1.93. The van der Waals surface area contributed by atoms with Crippen molar-refractivity contribution in [3.63, 3.8) is 0 Å². The highest BCUT2D eigenvalue weighted by Gasteiger charge is 2.40. The lowest BCUT2D eigenvalue weighted by Gasteiger charge is -2.15. The fourth-order valence-corrected chi connectivity index (χ4v) is 4.25. The van der Waals surface area contributed by atoms with Gasteiger partial charge < -0.3 is 4.74 Å². The molecule has 1 aromatic heterocycles. The van der Waals surface area contributed by atoms with Crippen molar-refractivity contribution in [3.8, 4) is 5.75 Å². The lowest BCUT2D eigenvalue weighted by atomic mass is 10.3. The van der Waals surface area contributed by atoms with Crippen LogP contribution in [0.4, 0.5) is 5.69 Å². The van der Waals surface area contributed by atoms with Gasteiger partial charge in [-0.2, -0.15) is 0 Å². The van der Waals surface area contributed by atoms with E-state index in [9.17, 15) is 9.59 Å². The molecule has 0 spiro atoms. The predicted molar refractivity (Wildman–Crippen MR) is 84.4 cm³/mol. The Morgan fingerprint density at radius 1 is 1.36 bits per heavy atom. The van der Waals surface area contributed by atoms with Crippen LogP contribution >= 0.6 is 23.1 Å². The van der Waals surface area contributed by atoms with E-state index >= 15 is 0 Å². The quantitative estimate of drug-likeness (QED) is 0.798. The number of amides is 2. The number of hydrogen-bond donors (Lipinski definition) is 0. The number of carbonyl (C=O) groups excluding carboxylic acids is 2. The largest absolute Gasteiger partial charge is 0.497 e. The Labute approximate surface area is 135 Å². The van der Waals surface area contributed by atoms with Gasteiger partial charge in [-0.25, -0.2) is 4.90 Å². The molecule has 1 aliphatic heterocycles. The number of benzene rings is 1. The molecule has 2 heterocycles. The highest BCUT2D eigenvalue weighted by Crippen LogP contribution is 2.35. The molecule has 3 rings (SSSR count). The number of anilines is 1. The molecule has 0 bridgehead atoms. The number of hydrogen-bond acceptors (Lipinski definition) is 7. The van der Waals surface area contributed by atoms with Crippen molar-refractivity contribution in [2.75, 3.05) is 12.0 Å². The number of ether oxygens (including phenoxy) is 1. The summed E-state index contributed by atoms with van der Waals surface area (Å²) < 4.78 is 5.84. The minimum absolute atomic E-state index is 0.166. The molecule has 2 amide bonds. The van der Waals surface area contributed by atoms with Crippen molar-refractivity contribution in [1.82, 2.24) is 10.2 Å². The van der Waals surface area contributed by atoms with Gasteiger partial charge in [-0.1, -0.05) is 29.2 Å². The first-order chi connectivity index (χ1) is 10.6. The summed E-state index contributed by atoms with van der Waals surface area (Å²) in [6.07, 6.45) is 0.166. The molecule has 8 heteroatoms. The molecule has 0 N–H and O–H groups in total. The Bertz CT molecular complexity index is 732. The van der Waals surface area contributed by atoms with Crippen molar-refractivity contribution in [1.29, 1.82) is 0 Å². The van der Waals surface area contributed by atoms with Gasteiger partial charge in [0, 0.05) is 12.5 Å². The van der Waals surface area contributed by atoms with Crippen LogP contribution in [0.2, 0.25) is 0 Å². The molecule has 1 atom stereocenters. The van der Waals surface area contributed by atoms with Crippen molar-refractivity contribution in [3.05, 3.63) is 29.3 Å². The maximum absolute atomic E-state index is 12.5. The third-order valence-electron chi connectivity index (χ3n) is 3.17. The van der Waals surface area contributed by atoms with Crippen molar-refractivity contribution >= 4 is 40.6 Å². The van der Waals surface area contributed by atoms with Crippen molar-refractivity contribution < 1.29 is 14.3 Å². The van der Waals surface area contributed by atoms with Gasteiger partial charge in [0.05, 0.1) is 12.8 Å². The van der Waals surface area contributed by atoms with Crippen LogP contribution in [0.3, 0.4) is 0 Å². The molecule has 6 nitrogen and oxygen atoms in total. The van der Waals surface area contributed by atoms with E-state index in [1.54, 1.807) is 31.4 Å². The van der Waals surface area contributed by atoms with Crippen molar-refractivity contribution in [2.24, 2.45) is 0 Å². The van der Waals surface area contributed by atoms with E-state index < -0.39 is 5.25 Å². The van der Waals surface area contributed by atoms with Gasteiger partial charge in [0.15, 0.2) is 4.34 Å². The number of imide groups is 1. The fourth-order valence-electron chi connectivity index (χ4n) is 2.16. The highest BCUT2D eigenvalue weighted by molar-refractivity contribution is 8.02. The fraction of sp³-hybridized carbons (Fsp3) is 0.286. The van der Waals surface area contributed by atoms with Crippen LogP contribution in [0.1, 0.15) is 11.4 Å². The van der Waals surface area contributed by atoms with E-state index in [-0.39, 0.29) is 18.2 Å². The smallest absolute Gasteiger partial charge is 0.247 e. The molecule has 1 aromatic carbocycles. The number of aromatic nitrogens is 2. The number of methoxy groups -OCH3 is 1. The van der Waals surface area contributed by atoms with Crippen LogP contribution < -0.4 is 9.64 Å². The second kappa shape index (κ2) is 6.05. The lowest BCUT2D eigenvalue weighted by Crippen LogP contribution is -2.31. The van der Waals surface area contributed by atoms with E-state index in [0.717, 1.165) is 5.01 Å². The van der Waals surface area contributed by atoms with E-state index in [1.165, 1.54) is 28.0 Å². The Kier molecular flexibility index (Phi) is 4.12. The van der Waals surface area contributed by atoms with Crippen LogP contribution in [-0.4, -0.2) is 34.4 Å². The summed E-state index contributed by atoms with van der Waals surface area (Å²) in [5.74, 6) is 0.169. The number of rotatable bonds is 4. The van der Waals surface area contributed by atoms with Gasteiger partial charge in [-0.15, -0.1) is 10.2 Å². The maximum atomic E-state index is 12.5. The summed E-state index contributed by atoms with van der Waals surface area (Å²) in [6.45, 7) is 1.85. The molecule has 0 unspecified atom stereocenters. The van der Waals surface area contributed by atoms with E-state index in [1.807, 2.05) is 6.92 Å². The van der Waals surface area contributed by atoms with Crippen LogP contribution in [0.5, 0.6) is 5.75 Å². The summed E-state index contributed by atoms with van der Waals surface area (Å²) in [7, 11) is 1.54. The zero-order valence-corrected chi connectivity index (χ0v) is 13.6. The van der Waals surface area contributed by atoms with Gasteiger partial charge in [-0.3, -0.25) is 9.59 Å². The first-order valence-electron chi connectivity index (χ1n) is 6.56. The second-order valence-electron chi connectivity index (χ2n) is 4.67. The van der Waals surface area contributed by atoms with E-state index in [0.29, 0.717) is 15.8 Å². The third-order valence-corrected chi connectivity index (χ3v) is 5.28. The molecule has 0 aliphatic carbocycles. The van der Waals surface area contributed by atoms with E-state index in [2.05, 4.69) is 10.2 Å². The third kappa shape index (κ3) is 2.84. The average Bonchev–Trinajstić information content (AvgIpc) is 3.03. The van der Waals surface area contributed by atoms with Crippen LogP contribution in [0, 0.1) is 6.92 Å². The van der Waals surface area contributed by atoms with Gasteiger partial charge in [0.1, 0.15) is 16.0 Å². The van der Waals surface area contributed by atoms with Crippen LogP contribution in [0.25, 0.3) is 0 Å². The molecule has 1 fully saturated rings. The first-order valence-corrected chi connectivity index (χ1v) is 8.25. The van der Waals surface area contributed by atoms with Crippen LogP contribution in [0.15, 0.2) is 28.6 Å². The summed E-state index contributed by atoms with van der Waals surface area (Å²) in [5.41, 5.74) is 0.533. The number of aryl methyl sites for hydroxylation is 1. The zero-order valence-electron chi connectivity index (χ0n) is 12.0. The molecule has 1 saturated heterocycles. The Morgan fingerprint density at radius 3 is 2.86 bits per heavy atom. The Balaban J connectivity index is 1.81. The summed E-state index contributed by atoms with van der Waals surface area (Å²) in [5, 5.41) is 8.30. The second-order valence-corrected chi connectivity index (χ2v) is 7.30. The van der Waals surface area contributed by atoms with Gasteiger partial charge in [0.25, 0.3) is 0 Å². The molecule has 1 aliphatic rings. The lowest BCUT2D eigenvalue weighted by molar-refractivity contribution is -0.121. The minimum atomic E-state index is -0.453.